The van der Waals surface area contributed by atoms with Crippen molar-refractivity contribution in [2.75, 3.05) is 6.61 Å². The smallest absolute Gasteiger partial charge is 0.306 e. The molecule has 2 aromatic rings. The Morgan fingerprint density at radius 3 is 1.33 bits per heavy atom. The fraction of sp³-hybridized carbons (Fsp3) is 0.667. The topological polar surface area (TPSA) is 93.1 Å². The molecular formula is C42H66O6. The maximum absolute atomic E-state index is 12.9. The van der Waals surface area contributed by atoms with Crippen molar-refractivity contribution < 1.29 is 29.3 Å². The van der Waals surface area contributed by atoms with Gasteiger partial charge in [0.2, 0.25) is 0 Å². The molecule has 6 heteroatoms. The molecule has 0 aliphatic heterocycles. The lowest BCUT2D eigenvalue weighted by atomic mass is 9.78. The number of hydrogen-bond acceptors (Lipinski definition) is 6. The lowest BCUT2D eigenvalue weighted by Crippen LogP contribution is -2.20. The lowest BCUT2D eigenvalue weighted by molar-refractivity contribution is -0.149. The van der Waals surface area contributed by atoms with Crippen molar-refractivity contribution in [3.8, 4) is 11.5 Å². The van der Waals surface area contributed by atoms with Crippen LogP contribution in [0.3, 0.4) is 0 Å². The molecule has 0 fully saturated rings. The number of phenolic OH excluding ortho intramolecular Hbond substituents is 2. The maximum Gasteiger partial charge on any atom is 0.306 e. The van der Waals surface area contributed by atoms with E-state index in [1.54, 1.807) is 0 Å². The number of ether oxygens (including phenoxy) is 2. The van der Waals surface area contributed by atoms with Gasteiger partial charge in [0.15, 0.2) is 0 Å². The van der Waals surface area contributed by atoms with Crippen molar-refractivity contribution in [1.29, 1.82) is 0 Å². The van der Waals surface area contributed by atoms with Gasteiger partial charge in [-0.15, -0.1) is 0 Å². The molecule has 0 aromatic heterocycles. The summed E-state index contributed by atoms with van der Waals surface area (Å²) in [4.78, 5) is 25.5. The fourth-order valence-electron chi connectivity index (χ4n) is 6.02. The minimum Gasteiger partial charge on any atom is -0.507 e. The van der Waals surface area contributed by atoms with E-state index >= 15 is 0 Å². The van der Waals surface area contributed by atoms with E-state index in [4.69, 9.17) is 9.47 Å². The highest BCUT2D eigenvalue weighted by Gasteiger charge is 2.28. The van der Waals surface area contributed by atoms with Crippen molar-refractivity contribution in [2.45, 2.75) is 176 Å². The molecule has 6 nitrogen and oxygen atoms in total. The van der Waals surface area contributed by atoms with Crippen LogP contribution in [-0.4, -0.2) is 34.9 Å². The molecule has 2 aromatic carbocycles. The summed E-state index contributed by atoms with van der Waals surface area (Å²) in [5.74, 6) is 0.251. The Hall–Kier alpha value is -3.02. The Kier molecular flexibility index (Phi) is 14.2. The largest absolute Gasteiger partial charge is 0.507 e. The molecule has 0 aliphatic rings. The molecule has 2 rings (SSSR count). The van der Waals surface area contributed by atoms with Gasteiger partial charge in [0.1, 0.15) is 17.6 Å². The second-order valence-electron chi connectivity index (χ2n) is 17.7. The van der Waals surface area contributed by atoms with Gasteiger partial charge in [-0.3, -0.25) is 9.59 Å². The van der Waals surface area contributed by atoms with E-state index in [0.29, 0.717) is 37.4 Å². The van der Waals surface area contributed by atoms with Crippen LogP contribution in [0.2, 0.25) is 0 Å². The highest BCUT2D eigenvalue weighted by Crippen LogP contribution is 2.41. The van der Waals surface area contributed by atoms with E-state index in [2.05, 4.69) is 90.0 Å². The summed E-state index contributed by atoms with van der Waals surface area (Å²) in [5.41, 5.74) is 4.76. The molecule has 0 radical (unpaired) electrons. The zero-order valence-corrected chi connectivity index (χ0v) is 32.5. The van der Waals surface area contributed by atoms with E-state index < -0.39 is 0 Å². The average Bonchev–Trinajstić information content (AvgIpc) is 2.93. The summed E-state index contributed by atoms with van der Waals surface area (Å²) in [6.45, 7) is 27.5. The van der Waals surface area contributed by atoms with Gasteiger partial charge < -0.3 is 19.7 Å². The summed E-state index contributed by atoms with van der Waals surface area (Å²) in [5, 5.41) is 22.0. The number of rotatable bonds is 14. The normalized spacial score (nSPS) is 13.4. The van der Waals surface area contributed by atoms with Crippen LogP contribution in [-0.2, 0) is 53.6 Å². The Bertz CT molecular complexity index is 1300. The predicted octanol–water partition coefficient (Wildman–Crippen LogP) is 10.3. The van der Waals surface area contributed by atoms with Gasteiger partial charge in [-0.05, 0) is 93.6 Å². The van der Waals surface area contributed by atoms with Crippen LogP contribution in [0.4, 0.5) is 0 Å². The molecule has 270 valence electrons. The molecule has 1 unspecified atom stereocenters. The molecule has 0 bridgehead atoms. The number of carbonyl (C=O) groups excluding carboxylic acids is 2. The van der Waals surface area contributed by atoms with E-state index in [-0.39, 0.29) is 52.5 Å². The fourth-order valence-corrected chi connectivity index (χ4v) is 6.02. The first-order chi connectivity index (χ1) is 21.9. The van der Waals surface area contributed by atoms with Crippen molar-refractivity contribution in [2.24, 2.45) is 0 Å². The van der Waals surface area contributed by atoms with Crippen LogP contribution in [0, 0.1) is 0 Å². The first-order valence-electron chi connectivity index (χ1n) is 18.0. The van der Waals surface area contributed by atoms with Gasteiger partial charge in [-0.25, -0.2) is 0 Å². The molecule has 0 heterocycles. The van der Waals surface area contributed by atoms with E-state index in [1.807, 2.05) is 24.3 Å². The third kappa shape index (κ3) is 12.5. The highest BCUT2D eigenvalue weighted by molar-refractivity contribution is 5.70. The highest BCUT2D eigenvalue weighted by atomic mass is 16.5. The van der Waals surface area contributed by atoms with Crippen LogP contribution in [0.5, 0.6) is 11.5 Å². The number of carbonyl (C=O) groups is 2. The summed E-state index contributed by atoms with van der Waals surface area (Å²) in [6, 6.07) is 8.09. The Balaban J connectivity index is 1.88. The molecule has 0 amide bonds. The molecular weight excluding hydrogens is 600 g/mol. The van der Waals surface area contributed by atoms with Gasteiger partial charge in [-0.1, -0.05) is 121 Å². The Labute approximate surface area is 292 Å². The number of aromatic hydroxyl groups is 2. The van der Waals surface area contributed by atoms with Crippen LogP contribution in [0.1, 0.15) is 168 Å². The zero-order valence-electron chi connectivity index (χ0n) is 32.5. The third-order valence-corrected chi connectivity index (χ3v) is 8.90. The average molecular weight is 667 g/mol. The molecule has 48 heavy (non-hydrogen) atoms. The standard InChI is InChI=1S/C42H66O6/c1-14-17-30(48-36(44)22-20-29-26-33(41(8,9)10)38(46)34(27-29)42(11,12)13)18-15-16-23-47-35(43)21-19-28-24-31(39(2,3)4)37(45)32(25-28)40(5,6)7/h24-27,30,45-46H,14-23H2,1-13H3. The van der Waals surface area contributed by atoms with Crippen molar-refractivity contribution in [3.63, 3.8) is 0 Å². The number of hydrogen-bond donors (Lipinski definition) is 2. The molecule has 0 aliphatic carbocycles. The number of esters is 2. The van der Waals surface area contributed by atoms with Gasteiger partial charge in [0.05, 0.1) is 6.61 Å². The number of unbranched alkanes of at least 4 members (excludes halogenated alkanes) is 1. The predicted molar refractivity (Wildman–Crippen MR) is 197 cm³/mol. The second kappa shape index (κ2) is 16.6. The molecule has 1 atom stereocenters. The summed E-state index contributed by atoms with van der Waals surface area (Å²) < 4.78 is 11.5. The van der Waals surface area contributed by atoms with Crippen LogP contribution >= 0.6 is 0 Å². The molecule has 0 saturated heterocycles. The van der Waals surface area contributed by atoms with E-state index in [0.717, 1.165) is 59.1 Å². The minimum absolute atomic E-state index is 0.156. The number of phenols is 2. The Morgan fingerprint density at radius 1 is 0.604 bits per heavy atom. The zero-order chi connectivity index (χ0) is 36.7. The molecule has 2 N–H and O–H groups in total. The molecule has 0 spiro atoms. The first-order valence-corrected chi connectivity index (χ1v) is 18.0. The van der Waals surface area contributed by atoms with E-state index in [1.165, 1.54) is 0 Å². The van der Waals surface area contributed by atoms with Gasteiger partial charge in [0, 0.05) is 12.8 Å². The summed E-state index contributed by atoms with van der Waals surface area (Å²) >= 11 is 0. The van der Waals surface area contributed by atoms with Gasteiger partial charge >= 0.3 is 11.9 Å². The van der Waals surface area contributed by atoms with Crippen molar-refractivity contribution in [3.05, 3.63) is 57.6 Å². The monoisotopic (exact) mass is 666 g/mol. The number of benzene rings is 2. The van der Waals surface area contributed by atoms with Crippen LogP contribution < -0.4 is 0 Å². The third-order valence-electron chi connectivity index (χ3n) is 8.90. The van der Waals surface area contributed by atoms with Crippen molar-refractivity contribution in [1.82, 2.24) is 0 Å². The van der Waals surface area contributed by atoms with Gasteiger partial charge in [-0.2, -0.15) is 0 Å². The summed E-state index contributed by atoms with van der Waals surface area (Å²) in [7, 11) is 0. The van der Waals surface area contributed by atoms with Crippen molar-refractivity contribution >= 4 is 11.9 Å². The van der Waals surface area contributed by atoms with Crippen LogP contribution in [0.15, 0.2) is 24.3 Å². The minimum atomic E-state index is -0.229. The SMILES string of the molecule is CCCC(CCCCOC(=O)CCc1cc(C(C)(C)C)c(O)c(C(C)(C)C)c1)OC(=O)CCc1cc(C(C)(C)C)c(O)c(C(C)(C)C)c1. The van der Waals surface area contributed by atoms with E-state index in [9.17, 15) is 19.8 Å². The maximum atomic E-state index is 12.9. The first kappa shape index (κ1) is 41.2. The van der Waals surface area contributed by atoms with Gasteiger partial charge in [0.25, 0.3) is 0 Å². The molecule has 0 saturated carbocycles. The lowest BCUT2D eigenvalue weighted by Gasteiger charge is -2.28. The summed E-state index contributed by atoms with van der Waals surface area (Å²) in [6.07, 6.45) is 5.48. The van der Waals surface area contributed by atoms with Crippen LogP contribution in [0.25, 0.3) is 0 Å². The Morgan fingerprint density at radius 2 is 0.979 bits per heavy atom. The quantitative estimate of drug-likeness (QED) is 0.154. The second-order valence-corrected chi connectivity index (χ2v) is 17.7. The number of aryl methyl sites for hydroxylation is 2.